The fourth-order valence-corrected chi connectivity index (χ4v) is 3.19. The minimum absolute atomic E-state index is 0.0693. The van der Waals surface area contributed by atoms with Gasteiger partial charge in [0.15, 0.2) is 6.10 Å². The summed E-state index contributed by atoms with van der Waals surface area (Å²) in [4.78, 5) is 13.5. The predicted octanol–water partition coefficient (Wildman–Crippen LogP) is 5.02. The lowest BCUT2D eigenvalue weighted by molar-refractivity contribution is -0.128. The lowest BCUT2D eigenvalue weighted by atomic mass is 10.1. The SMILES string of the molecule is CCC(Oc1cc(C)ccc1C)C(=O)NCCSc1ccc(Cl)cc1. The minimum atomic E-state index is -0.471. The monoisotopic (exact) mass is 377 g/mol. The van der Waals surface area contributed by atoms with Crippen LogP contribution < -0.4 is 10.1 Å². The van der Waals surface area contributed by atoms with Gasteiger partial charge in [-0.15, -0.1) is 11.8 Å². The van der Waals surface area contributed by atoms with Gasteiger partial charge < -0.3 is 10.1 Å². The summed E-state index contributed by atoms with van der Waals surface area (Å²) in [5.41, 5.74) is 2.16. The molecule has 3 nitrogen and oxygen atoms in total. The second-order valence-electron chi connectivity index (χ2n) is 5.88. The van der Waals surface area contributed by atoms with Crippen molar-refractivity contribution in [2.24, 2.45) is 0 Å². The second kappa shape index (κ2) is 9.73. The van der Waals surface area contributed by atoms with Gasteiger partial charge in [-0.1, -0.05) is 30.7 Å². The zero-order chi connectivity index (χ0) is 18.2. The Morgan fingerprint density at radius 3 is 2.60 bits per heavy atom. The first-order valence-electron chi connectivity index (χ1n) is 8.39. The molecule has 0 aliphatic heterocycles. The van der Waals surface area contributed by atoms with E-state index >= 15 is 0 Å². The molecule has 1 N–H and O–H groups in total. The van der Waals surface area contributed by atoms with Gasteiger partial charge in [-0.2, -0.15) is 0 Å². The van der Waals surface area contributed by atoms with Crippen LogP contribution in [0.5, 0.6) is 5.75 Å². The number of amides is 1. The Morgan fingerprint density at radius 1 is 1.20 bits per heavy atom. The Labute approximate surface area is 159 Å². The van der Waals surface area contributed by atoms with E-state index in [1.54, 1.807) is 11.8 Å². The number of hydrogen-bond acceptors (Lipinski definition) is 3. The van der Waals surface area contributed by atoms with E-state index in [2.05, 4.69) is 5.32 Å². The molecule has 0 saturated carbocycles. The number of carbonyl (C=O) groups is 1. The molecular formula is C20H24ClNO2S. The molecule has 0 aliphatic rings. The molecule has 5 heteroatoms. The Hall–Kier alpha value is -1.65. The standard InChI is InChI=1S/C20H24ClNO2S/c1-4-18(24-19-13-14(2)5-6-15(19)3)20(23)22-11-12-25-17-9-7-16(21)8-10-17/h5-10,13,18H,4,11-12H2,1-3H3,(H,22,23). The molecule has 1 amide bonds. The van der Waals surface area contributed by atoms with Crippen molar-refractivity contribution in [1.29, 1.82) is 0 Å². The molecule has 0 fully saturated rings. The molecule has 0 aliphatic carbocycles. The molecule has 0 heterocycles. The number of benzene rings is 2. The third kappa shape index (κ3) is 6.29. The summed E-state index contributed by atoms with van der Waals surface area (Å²) in [7, 11) is 0. The number of carbonyl (C=O) groups excluding carboxylic acids is 1. The van der Waals surface area contributed by atoms with Crippen LogP contribution in [0.1, 0.15) is 24.5 Å². The highest BCUT2D eigenvalue weighted by Gasteiger charge is 2.18. The lowest BCUT2D eigenvalue weighted by Gasteiger charge is -2.19. The quantitative estimate of drug-likeness (QED) is 0.518. The van der Waals surface area contributed by atoms with Gasteiger partial charge >= 0.3 is 0 Å². The van der Waals surface area contributed by atoms with Crippen LogP contribution in [0.2, 0.25) is 5.02 Å². The Morgan fingerprint density at radius 2 is 1.92 bits per heavy atom. The topological polar surface area (TPSA) is 38.3 Å². The number of thioether (sulfide) groups is 1. The molecule has 0 bridgehead atoms. The Kier molecular flexibility index (Phi) is 7.66. The molecule has 0 spiro atoms. The number of rotatable bonds is 8. The number of nitrogens with one attached hydrogen (secondary N) is 1. The van der Waals surface area contributed by atoms with Gasteiger partial charge in [-0.25, -0.2) is 0 Å². The van der Waals surface area contributed by atoms with E-state index in [4.69, 9.17) is 16.3 Å². The number of hydrogen-bond donors (Lipinski definition) is 1. The van der Waals surface area contributed by atoms with Crippen LogP contribution in [0.3, 0.4) is 0 Å². The highest BCUT2D eigenvalue weighted by atomic mass is 35.5. The normalized spacial score (nSPS) is 11.8. The van der Waals surface area contributed by atoms with Crippen LogP contribution in [0.4, 0.5) is 0 Å². The van der Waals surface area contributed by atoms with Crippen molar-refractivity contribution in [1.82, 2.24) is 5.32 Å². The number of ether oxygens (including phenoxy) is 1. The lowest BCUT2D eigenvalue weighted by Crippen LogP contribution is -2.39. The van der Waals surface area contributed by atoms with Crippen molar-refractivity contribution in [3.8, 4) is 5.75 Å². The van der Waals surface area contributed by atoms with Crippen molar-refractivity contribution in [3.63, 3.8) is 0 Å². The first-order chi connectivity index (χ1) is 12.0. The highest BCUT2D eigenvalue weighted by Crippen LogP contribution is 2.22. The Balaban J connectivity index is 1.81. The molecule has 0 radical (unpaired) electrons. The van der Waals surface area contributed by atoms with E-state index in [1.807, 2.05) is 63.2 Å². The molecule has 25 heavy (non-hydrogen) atoms. The van der Waals surface area contributed by atoms with Crippen LogP contribution in [0, 0.1) is 13.8 Å². The van der Waals surface area contributed by atoms with E-state index in [0.717, 1.165) is 32.5 Å². The van der Waals surface area contributed by atoms with Crippen LogP contribution in [-0.4, -0.2) is 24.3 Å². The first kappa shape index (κ1) is 19.7. The van der Waals surface area contributed by atoms with Crippen LogP contribution >= 0.6 is 23.4 Å². The maximum atomic E-state index is 12.4. The van der Waals surface area contributed by atoms with Gasteiger partial charge in [0.25, 0.3) is 5.91 Å². The summed E-state index contributed by atoms with van der Waals surface area (Å²) < 4.78 is 5.93. The molecule has 0 aromatic heterocycles. The zero-order valence-electron chi connectivity index (χ0n) is 14.8. The van der Waals surface area contributed by atoms with Crippen molar-refractivity contribution in [2.75, 3.05) is 12.3 Å². The van der Waals surface area contributed by atoms with Crippen LogP contribution in [0.25, 0.3) is 0 Å². The van der Waals surface area contributed by atoms with E-state index in [9.17, 15) is 4.79 Å². The molecular weight excluding hydrogens is 354 g/mol. The van der Waals surface area contributed by atoms with Gasteiger partial charge in [0.1, 0.15) is 5.75 Å². The minimum Gasteiger partial charge on any atom is -0.480 e. The fourth-order valence-electron chi connectivity index (χ4n) is 2.30. The molecule has 134 valence electrons. The third-order valence-corrected chi connectivity index (χ3v) is 5.03. The molecule has 2 aromatic rings. The summed E-state index contributed by atoms with van der Waals surface area (Å²) in [5.74, 6) is 1.51. The van der Waals surface area contributed by atoms with Gasteiger partial charge in [0, 0.05) is 22.2 Å². The van der Waals surface area contributed by atoms with Gasteiger partial charge in [0.05, 0.1) is 0 Å². The van der Waals surface area contributed by atoms with Crippen molar-refractivity contribution in [3.05, 3.63) is 58.6 Å². The van der Waals surface area contributed by atoms with Crippen molar-refractivity contribution < 1.29 is 9.53 Å². The number of halogens is 1. The summed E-state index contributed by atoms with van der Waals surface area (Å²) in [6.07, 6.45) is 0.157. The molecule has 2 rings (SSSR count). The summed E-state index contributed by atoms with van der Waals surface area (Å²) >= 11 is 7.56. The van der Waals surface area contributed by atoms with E-state index < -0.39 is 6.10 Å². The smallest absolute Gasteiger partial charge is 0.261 e. The molecule has 0 saturated heterocycles. The van der Waals surface area contributed by atoms with E-state index in [1.165, 1.54) is 0 Å². The van der Waals surface area contributed by atoms with Crippen molar-refractivity contribution >= 4 is 29.3 Å². The maximum Gasteiger partial charge on any atom is 0.261 e. The second-order valence-corrected chi connectivity index (χ2v) is 7.48. The average Bonchev–Trinajstić information content (AvgIpc) is 2.60. The largest absolute Gasteiger partial charge is 0.480 e. The summed E-state index contributed by atoms with van der Waals surface area (Å²) in [5, 5.41) is 3.69. The molecule has 1 unspecified atom stereocenters. The van der Waals surface area contributed by atoms with Gasteiger partial charge in [0.2, 0.25) is 0 Å². The molecule has 2 aromatic carbocycles. The highest BCUT2D eigenvalue weighted by molar-refractivity contribution is 7.99. The third-order valence-electron chi connectivity index (χ3n) is 3.76. The van der Waals surface area contributed by atoms with Crippen LogP contribution in [-0.2, 0) is 4.79 Å². The summed E-state index contributed by atoms with van der Waals surface area (Å²) in [6, 6.07) is 13.7. The van der Waals surface area contributed by atoms with Gasteiger partial charge in [-0.3, -0.25) is 4.79 Å². The van der Waals surface area contributed by atoms with Crippen molar-refractivity contribution in [2.45, 2.75) is 38.2 Å². The fraction of sp³-hybridized carbons (Fsp3) is 0.350. The van der Waals surface area contributed by atoms with E-state index in [0.29, 0.717) is 13.0 Å². The molecule has 1 atom stereocenters. The number of aryl methyl sites for hydroxylation is 2. The maximum absolute atomic E-state index is 12.4. The predicted molar refractivity (Wildman–Crippen MR) is 106 cm³/mol. The first-order valence-corrected chi connectivity index (χ1v) is 9.76. The van der Waals surface area contributed by atoms with Crippen LogP contribution in [0.15, 0.2) is 47.4 Å². The van der Waals surface area contributed by atoms with E-state index in [-0.39, 0.29) is 5.91 Å². The Bertz CT molecular complexity index is 703. The van der Waals surface area contributed by atoms with Gasteiger partial charge in [-0.05, 0) is 61.7 Å². The summed E-state index contributed by atoms with van der Waals surface area (Å²) in [6.45, 7) is 6.56. The zero-order valence-corrected chi connectivity index (χ0v) is 16.4. The average molecular weight is 378 g/mol.